The fourth-order valence-corrected chi connectivity index (χ4v) is 2.17. The third-order valence-corrected chi connectivity index (χ3v) is 2.22. The van der Waals surface area contributed by atoms with E-state index in [0.29, 0.717) is 19.7 Å². The van der Waals surface area contributed by atoms with Crippen molar-refractivity contribution in [2.75, 3.05) is 26.8 Å². The Morgan fingerprint density at radius 1 is 1.17 bits per heavy atom. The number of carbonyl (C=O) groups excluding carboxylic acids is 1. The van der Waals surface area contributed by atoms with Gasteiger partial charge in [-0.3, -0.25) is 4.79 Å². The van der Waals surface area contributed by atoms with Gasteiger partial charge in [0.15, 0.2) is 0 Å². The molecule has 0 bridgehead atoms. The van der Waals surface area contributed by atoms with Gasteiger partial charge < -0.3 is 15.4 Å². The molecule has 0 fully saturated rings. The summed E-state index contributed by atoms with van der Waals surface area (Å²) in [4.78, 5) is 11.7. The number of rotatable bonds is 7. The van der Waals surface area contributed by atoms with Crippen molar-refractivity contribution in [2.45, 2.75) is 46.6 Å². The van der Waals surface area contributed by atoms with Gasteiger partial charge in [-0.2, -0.15) is 0 Å². The SMILES string of the molecule is COCCNCC(=O)NC(C)(C)CC(C)(C)C.Cl. The number of hydrogen-bond donors (Lipinski definition) is 2. The summed E-state index contributed by atoms with van der Waals surface area (Å²) < 4.78 is 4.90. The van der Waals surface area contributed by atoms with E-state index in [1.165, 1.54) is 0 Å². The highest BCUT2D eigenvalue weighted by atomic mass is 35.5. The summed E-state index contributed by atoms with van der Waals surface area (Å²) in [7, 11) is 1.65. The first kappa shape index (κ1) is 20.0. The van der Waals surface area contributed by atoms with Crippen molar-refractivity contribution in [1.29, 1.82) is 0 Å². The van der Waals surface area contributed by atoms with Crippen LogP contribution in [0, 0.1) is 5.41 Å². The van der Waals surface area contributed by atoms with Gasteiger partial charge in [-0.15, -0.1) is 12.4 Å². The van der Waals surface area contributed by atoms with Crippen LogP contribution in [0.1, 0.15) is 41.0 Å². The molecule has 0 aliphatic rings. The van der Waals surface area contributed by atoms with Gasteiger partial charge in [0, 0.05) is 19.2 Å². The average molecular weight is 281 g/mol. The molecule has 0 heterocycles. The molecule has 0 aliphatic heterocycles. The average Bonchev–Trinajstić information content (AvgIpc) is 2.07. The lowest BCUT2D eigenvalue weighted by atomic mass is 9.82. The van der Waals surface area contributed by atoms with Crippen molar-refractivity contribution in [2.24, 2.45) is 5.41 Å². The first-order valence-corrected chi connectivity index (χ1v) is 6.17. The summed E-state index contributed by atoms with van der Waals surface area (Å²) in [6, 6.07) is 0. The molecule has 2 N–H and O–H groups in total. The second-order valence-electron chi connectivity index (χ2n) is 6.34. The van der Waals surface area contributed by atoms with Crippen LogP contribution in [-0.2, 0) is 9.53 Å². The zero-order valence-corrected chi connectivity index (χ0v) is 13.4. The van der Waals surface area contributed by atoms with Gasteiger partial charge in [0.25, 0.3) is 0 Å². The molecule has 0 spiro atoms. The molecule has 0 aromatic heterocycles. The van der Waals surface area contributed by atoms with Gasteiger partial charge in [-0.1, -0.05) is 20.8 Å². The van der Waals surface area contributed by atoms with Crippen LogP contribution in [0.25, 0.3) is 0 Å². The zero-order valence-electron chi connectivity index (χ0n) is 12.6. The largest absolute Gasteiger partial charge is 0.383 e. The monoisotopic (exact) mass is 280 g/mol. The van der Waals surface area contributed by atoms with Crippen LogP contribution >= 0.6 is 12.4 Å². The van der Waals surface area contributed by atoms with Crippen LogP contribution in [0.2, 0.25) is 0 Å². The number of methoxy groups -OCH3 is 1. The van der Waals surface area contributed by atoms with Gasteiger partial charge in [-0.05, 0) is 25.7 Å². The minimum absolute atomic E-state index is 0. The maximum absolute atomic E-state index is 11.7. The first-order chi connectivity index (χ1) is 7.66. The molecular formula is C13H29ClN2O2. The Morgan fingerprint density at radius 2 is 1.72 bits per heavy atom. The molecule has 0 atom stereocenters. The van der Waals surface area contributed by atoms with Gasteiger partial charge in [-0.25, -0.2) is 0 Å². The van der Waals surface area contributed by atoms with E-state index in [4.69, 9.17) is 4.74 Å². The van der Waals surface area contributed by atoms with Crippen molar-refractivity contribution < 1.29 is 9.53 Å². The third-order valence-electron chi connectivity index (χ3n) is 2.22. The van der Waals surface area contributed by atoms with Crippen molar-refractivity contribution >= 4 is 18.3 Å². The van der Waals surface area contributed by atoms with E-state index in [-0.39, 0.29) is 29.3 Å². The minimum atomic E-state index is -0.168. The fourth-order valence-electron chi connectivity index (χ4n) is 2.17. The molecule has 0 radical (unpaired) electrons. The molecular weight excluding hydrogens is 252 g/mol. The second-order valence-corrected chi connectivity index (χ2v) is 6.34. The molecule has 0 aromatic rings. The topological polar surface area (TPSA) is 50.4 Å². The number of amides is 1. The minimum Gasteiger partial charge on any atom is -0.383 e. The van der Waals surface area contributed by atoms with E-state index < -0.39 is 0 Å². The summed E-state index contributed by atoms with van der Waals surface area (Å²) in [5, 5.41) is 6.08. The van der Waals surface area contributed by atoms with Crippen LogP contribution in [-0.4, -0.2) is 38.3 Å². The Hall–Kier alpha value is -0.320. The van der Waals surface area contributed by atoms with E-state index in [2.05, 4.69) is 45.3 Å². The van der Waals surface area contributed by atoms with Crippen LogP contribution < -0.4 is 10.6 Å². The van der Waals surface area contributed by atoms with Gasteiger partial charge in [0.05, 0.1) is 13.2 Å². The quantitative estimate of drug-likeness (QED) is 0.701. The highest BCUT2D eigenvalue weighted by molar-refractivity contribution is 5.85. The highest BCUT2D eigenvalue weighted by Gasteiger charge is 2.26. The summed E-state index contributed by atoms with van der Waals surface area (Å²) >= 11 is 0. The predicted molar refractivity (Wildman–Crippen MR) is 78.3 cm³/mol. The van der Waals surface area contributed by atoms with Crippen LogP contribution in [0.4, 0.5) is 0 Å². The van der Waals surface area contributed by atoms with Crippen molar-refractivity contribution in [1.82, 2.24) is 10.6 Å². The number of halogens is 1. The maximum atomic E-state index is 11.7. The Balaban J connectivity index is 0. The van der Waals surface area contributed by atoms with Crippen molar-refractivity contribution in [3.8, 4) is 0 Å². The lowest BCUT2D eigenvalue weighted by Crippen LogP contribution is -2.48. The molecule has 18 heavy (non-hydrogen) atoms. The van der Waals surface area contributed by atoms with E-state index in [1.54, 1.807) is 7.11 Å². The summed E-state index contributed by atoms with van der Waals surface area (Å²) in [5.74, 6) is 0.0374. The Kier molecular flexibility index (Phi) is 9.70. The highest BCUT2D eigenvalue weighted by Crippen LogP contribution is 2.26. The molecule has 110 valence electrons. The van der Waals surface area contributed by atoms with E-state index in [9.17, 15) is 4.79 Å². The molecule has 4 nitrogen and oxygen atoms in total. The van der Waals surface area contributed by atoms with Crippen LogP contribution in [0.3, 0.4) is 0 Å². The molecule has 0 aliphatic carbocycles. The van der Waals surface area contributed by atoms with E-state index in [1.807, 2.05) is 0 Å². The number of ether oxygens (including phenoxy) is 1. The van der Waals surface area contributed by atoms with Gasteiger partial charge in [0.2, 0.25) is 5.91 Å². The van der Waals surface area contributed by atoms with Gasteiger partial charge in [0.1, 0.15) is 0 Å². The summed E-state index contributed by atoms with van der Waals surface area (Å²) in [5.41, 5.74) is 0.0402. The molecule has 0 aromatic carbocycles. The molecule has 0 unspecified atom stereocenters. The molecule has 0 saturated carbocycles. The normalized spacial score (nSPS) is 11.9. The Labute approximate surface area is 118 Å². The lowest BCUT2D eigenvalue weighted by molar-refractivity contribution is -0.122. The predicted octanol–water partition coefficient (Wildman–Crippen LogP) is 1.98. The molecule has 0 rings (SSSR count). The number of hydrogen-bond acceptors (Lipinski definition) is 3. The van der Waals surface area contributed by atoms with Crippen LogP contribution in [0.15, 0.2) is 0 Å². The van der Waals surface area contributed by atoms with E-state index in [0.717, 1.165) is 6.42 Å². The molecule has 5 heteroatoms. The van der Waals surface area contributed by atoms with Crippen molar-refractivity contribution in [3.63, 3.8) is 0 Å². The fraction of sp³-hybridized carbons (Fsp3) is 0.923. The standard InChI is InChI=1S/C13H28N2O2.ClH/c1-12(2,3)10-13(4,5)15-11(16)9-14-7-8-17-6;/h14H,7-10H2,1-6H3,(H,15,16);1H. The number of nitrogens with one attached hydrogen (secondary N) is 2. The van der Waals surface area contributed by atoms with Crippen molar-refractivity contribution in [3.05, 3.63) is 0 Å². The maximum Gasteiger partial charge on any atom is 0.234 e. The summed E-state index contributed by atoms with van der Waals surface area (Å²) in [6.07, 6.45) is 0.948. The lowest BCUT2D eigenvalue weighted by Gasteiger charge is -2.33. The Morgan fingerprint density at radius 3 is 2.17 bits per heavy atom. The first-order valence-electron chi connectivity index (χ1n) is 6.17. The molecule has 0 saturated heterocycles. The Bertz CT molecular complexity index is 238. The summed E-state index contributed by atoms with van der Waals surface area (Å²) in [6.45, 7) is 12.3. The van der Waals surface area contributed by atoms with Crippen LogP contribution in [0.5, 0.6) is 0 Å². The smallest absolute Gasteiger partial charge is 0.234 e. The van der Waals surface area contributed by atoms with Gasteiger partial charge >= 0.3 is 0 Å². The number of carbonyl (C=O) groups is 1. The van der Waals surface area contributed by atoms with E-state index >= 15 is 0 Å². The molecule has 1 amide bonds. The second kappa shape index (κ2) is 8.73. The zero-order chi connectivity index (χ0) is 13.5. The third kappa shape index (κ3) is 12.1.